The van der Waals surface area contributed by atoms with Crippen LogP contribution in [0, 0.1) is 0 Å². The predicted molar refractivity (Wildman–Crippen MR) is 73.6 cm³/mol. The van der Waals surface area contributed by atoms with E-state index in [-0.39, 0.29) is 6.61 Å². The maximum absolute atomic E-state index is 9.18. The molecule has 0 amide bonds. The van der Waals surface area contributed by atoms with Crippen LogP contribution in [0.15, 0.2) is 42.5 Å². The monoisotopic (exact) mass is 245 g/mol. The molecule has 2 rings (SSSR count). The average molecular weight is 245 g/mol. The summed E-state index contributed by atoms with van der Waals surface area (Å²) in [6.45, 7) is 1.04. The van der Waals surface area contributed by atoms with E-state index in [4.69, 9.17) is 5.11 Å². The fourth-order valence-corrected chi connectivity index (χ4v) is 1.96. The molecule has 0 aromatic heterocycles. The summed E-state index contributed by atoms with van der Waals surface area (Å²) in [4.78, 5) is 0. The van der Waals surface area contributed by atoms with Gasteiger partial charge in [-0.2, -0.15) is 0 Å². The first-order chi connectivity index (χ1) is 8.79. The molecule has 3 nitrogen and oxygen atoms in total. The first-order valence-electron chi connectivity index (χ1n) is 6.27. The zero-order chi connectivity index (χ0) is 12.8. The van der Waals surface area contributed by atoms with Crippen molar-refractivity contribution in [1.82, 2.24) is 5.32 Å². The van der Waals surface area contributed by atoms with Crippen molar-refractivity contribution in [3.05, 3.63) is 48.0 Å². The number of hydrogen-bond acceptors (Lipinski definition) is 3. The van der Waals surface area contributed by atoms with Gasteiger partial charge in [0, 0.05) is 6.54 Å². The molecule has 18 heavy (non-hydrogen) atoms. The van der Waals surface area contributed by atoms with Gasteiger partial charge in [-0.3, -0.25) is 0 Å². The third-order valence-electron chi connectivity index (χ3n) is 3.00. The lowest BCUT2D eigenvalue weighted by Crippen LogP contribution is -2.30. The molecule has 0 radical (unpaired) electrons. The number of fused-ring (bicyclic) bond motifs is 1. The van der Waals surface area contributed by atoms with Gasteiger partial charge in [0.15, 0.2) is 0 Å². The molecule has 0 saturated heterocycles. The Hall–Kier alpha value is -1.42. The Labute approximate surface area is 107 Å². The molecule has 1 unspecified atom stereocenters. The van der Waals surface area contributed by atoms with Gasteiger partial charge in [0.25, 0.3) is 0 Å². The van der Waals surface area contributed by atoms with Gasteiger partial charge >= 0.3 is 0 Å². The molecular formula is C15H19NO2. The molecular weight excluding hydrogens is 226 g/mol. The first kappa shape index (κ1) is 13.0. The van der Waals surface area contributed by atoms with Crippen LogP contribution in [0.1, 0.15) is 5.56 Å². The zero-order valence-corrected chi connectivity index (χ0v) is 10.3. The smallest absolute Gasteiger partial charge is 0.0894 e. The van der Waals surface area contributed by atoms with Gasteiger partial charge in [-0.15, -0.1) is 0 Å². The summed E-state index contributed by atoms with van der Waals surface area (Å²) in [7, 11) is 0. The van der Waals surface area contributed by atoms with Gasteiger partial charge in [0.05, 0.1) is 12.7 Å². The fourth-order valence-electron chi connectivity index (χ4n) is 1.96. The van der Waals surface area contributed by atoms with E-state index in [0.717, 1.165) is 13.0 Å². The van der Waals surface area contributed by atoms with E-state index in [0.29, 0.717) is 6.54 Å². The van der Waals surface area contributed by atoms with E-state index in [9.17, 15) is 5.11 Å². The highest BCUT2D eigenvalue weighted by Crippen LogP contribution is 2.15. The second-order valence-electron chi connectivity index (χ2n) is 4.47. The Balaban J connectivity index is 1.88. The quantitative estimate of drug-likeness (QED) is 0.673. The molecule has 2 aromatic rings. The molecule has 0 bridgehead atoms. The molecule has 0 aliphatic rings. The minimum Gasteiger partial charge on any atom is -0.394 e. The van der Waals surface area contributed by atoms with Crippen LogP contribution in [0.3, 0.4) is 0 Å². The number of benzene rings is 2. The summed E-state index contributed by atoms with van der Waals surface area (Å²) in [6, 6.07) is 14.8. The topological polar surface area (TPSA) is 52.5 Å². The van der Waals surface area contributed by atoms with E-state index in [2.05, 4.69) is 35.6 Å². The van der Waals surface area contributed by atoms with Crippen LogP contribution in [0.5, 0.6) is 0 Å². The third kappa shape index (κ3) is 3.53. The number of aliphatic hydroxyl groups excluding tert-OH is 2. The molecule has 96 valence electrons. The molecule has 0 spiro atoms. The SMILES string of the molecule is OCC(O)CNCCc1ccc2ccccc2c1. The molecule has 3 heteroatoms. The minimum atomic E-state index is -0.665. The molecule has 1 atom stereocenters. The maximum Gasteiger partial charge on any atom is 0.0894 e. The van der Waals surface area contributed by atoms with Crippen LogP contribution in [0.4, 0.5) is 0 Å². The van der Waals surface area contributed by atoms with Crippen LogP contribution in [-0.2, 0) is 6.42 Å². The maximum atomic E-state index is 9.18. The van der Waals surface area contributed by atoms with E-state index < -0.39 is 6.10 Å². The molecule has 0 fully saturated rings. The van der Waals surface area contributed by atoms with Gasteiger partial charge in [0.1, 0.15) is 0 Å². The zero-order valence-electron chi connectivity index (χ0n) is 10.3. The highest BCUT2D eigenvalue weighted by molar-refractivity contribution is 5.82. The summed E-state index contributed by atoms with van der Waals surface area (Å²) in [6.07, 6.45) is 0.254. The Kier molecular flexibility index (Phi) is 4.70. The molecule has 2 aromatic carbocycles. The average Bonchev–Trinajstić information content (AvgIpc) is 2.43. The lowest BCUT2D eigenvalue weighted by Gasteiger charge is -2.09. The van der Waals surface area contributed by atoms with Crippen LogP contribution >= 0.6 is 0 Å². The van der Waals surface area contributed by atoms with Crippen molar-refractivity contribution in [3.8, 4) is 0 Å². The first-order valence-corrected chi connectivity index (χ1v) is 6.27. The number of rotatable bonds is 6. The minimum absolute atomic E-state index is 0.191. The Morgan fingerprint density at radius 2 is 1.83 bits per heavy atom. The normalized spacial score (nSPS) is 12.8. The fraction of sp³-hybridized carbons (Fsp3) is 0.333. The van der Waals surface area contributed by atoms with Gasteiger partial charge in [-0.1, -0.05) is 42.5 Å². The third-order valence-corrected chi connectivity index (χ3v) is 3.00. The summed E-state index contributed by atoms with van der Waals surface area (Å²) in [5, 5.41) is 23.5. The molecule has 0 saturated carbocycles. The van der Waals surface area contributed by atoms with Crippen molar-refractivity contribution in [2.75, 3.05) is 19.7 Å². The summed E-state index contributed by atoms with van der Waals surface area (Å²) >= 11 is 0. The van der Waals surface area contributed by atoms with Crippen LogP contribution in [0.25, 0.3) is 10.8 Å². The lowest BCUT2D eigenvalue weighted by molar-refractivity contribution is 0.0947. The van der Waals surface area contributed by atoms with Crippen LogP contribution < -0.4 is 5.32 Å². The van der Waals surface area contributed by atoms with E-state index in [1.807, 2.05) is 12.1 Å². The van der Waals surface area contributed by atoms with Crippen molar-refractivity contribution >= 4 is 10.8 Å². The molecule has 0 heterocycles. The van der Waals surface area contributed by atoms with Gasteiger partial charge in [0.2, 0.25) is 0 Å². The van der Waals surface area contributed by atoms with Crippen LogP contribution in [0.2, 0.25) is 0 Å². The number of nitrogens with one attached hydrogen (secondary N) is 1. The van der Waals surface area contributed by atoms with Gasteiger partial charge < -0.3 is 15.5 Å². The van der Waals surface area contributed by atoms with Gasteiger partial charge in [-0.25, -0.2) is 0 Å². The van der Waals surface area contributed by atoms with Crippen LogP contribution in [-0.4, -0.2) is 36.0 Å². The Bertz CT molecular complexity index is 499. The van der Waals surface area contributed by atoms with Gasteiger partial charge in [-0.05, 0) is 29.3 Å². The second-order valence-corrected chi connectivity index (χ2v) is 4.47. The number of aliphatic hydroxyl groups is 2. The summed E-state index contributed by atoms with van der Waals surface area (Å²) in [5.74, 6) is 0. The van der Waals surface area contributed by atoms with Crippen molar-refractivity contribution in [1.29, 1.82) is 0 Å². The summed E-state index contributed by atoms with van der Waals surface area (Å²) in [5.41, 5.74) is 1.28. The van der Waals surface area contributed by atoms with E-state index in [1.54, 1.807) is 0 Å². The Morgan fingerprint density at radius 1 is 1.06 bits per heavy atom. The highest BCUT2D eigenvalue weighted by atomic mass is 16.3. The van der Waals surface area contributed by atoms with Crippen molar-refractivity contribution in [2.45, 2.75) is 12.5 Å². The van der Waals surface area contributed by atoms with Crippen molar-refractivity contribution in [3.63, 3.8) is 0 Å². The largest absolute Gasteiger partial charge is 0.394 e. The summed E-state index contributed by atoms with van der Waals surface area (Å²) < 4.78 is 0. The van der Waals surface area contributed by atoms with Crippen molar-refractivity contribution in [2.24, 2.45) is 0 Å². The Morgan fingerprint density at radius 3 is 2.61 bits per heavy atom. The standard InChI is InChI=1S/C15H19NO2/c17-11-15(18)10-16-8-7-12-5-6-13-3-1-2-4-14(13)9-12/h1-6,9,15-18H,7-8,10-11H2. The lowest BCUT2D eigenvalue weighted by atomic mass is 10.1. The molecule has 0 aliphatic carbocycles. The highest BCUT2D eigenvalue weighted by Gasteiger charge is 2.00. The molecule has 3 N–H and O–H groups in total. The number of hydrogen-bond donors (Lipinski definition) is 3. The van der Waals surface area contributed by atoms with Crippen molar-refractivity contribution < 1.29 is 10.2 Å². The second kappa shape index (κ2) is 6.50. The predicted octanol–water partition coefficient (Wildman–Crippen LogP) is 1.33. The molecule has 0 aliphatic heterocycles. The van der Waals surface area contributed by atoms with E-state index in [1.165, 1.54) is 16.3 Å². The van der Waals surface area contributed by atoms with E-state index >= 15 is 0 Å².